The highest BCUT2D eigenvalue weighted by atomic mass is 79.9. The lowest BCUT2D eigenvalue weighted by molar-refractivity contribution is 0.605. The minimum atomic E-state index is 0.417. The predicted octanol–water partition coefficient (Wildman–Crippen LogP) is 4.21. The number of nitrogens with one attached hydrogen (secondary N) is 1. The second-order valence-electron chi connectivity index (χ2n) is 4.21. The van der Waals surface area contributed by atoms with E-state index in [4.69, 9.17) is 0 Å². The van der Waals surface area contributed by atoms with E-state index in [0.29, 0.717) is 6.04 Å². The maximum Gasteiger partial charge on any atom is 0.0535 e. The van der Waals surface area contributed by atoms with Crippen molar-refractivity contribution in [2.45, 2.75) is 32.2 Å². The van der Waals surface area contributed by atoms with Crippen LogP contribution in [0.3, 0.4) is 0 Å². The first kappa shape index (κ1) is 11.9. The Morgan fingerprint density at radius 2 is 2.06 bits per heavy atom. The Morgan fingerprint density at radius 3 is 2.62 bits per heavy atom. The van der Waals surface area contributed by atoms with E-state index < -0.39 is 0 Å². The summed E-state index contributed by atoms with van der Waals surface area (Å²) >= 11 is 3.48. The van der Waals surface area contributed by atoms with E-state index in [2.05, 4.69) is 58.5 Å². The van der Waals surface area contributed by atoms with Gasteiger partial charge in [0, 0.05) is 4.47 Å². The number of benzene rings is 1. The molecular formula is C14H18BrN. The largest absolute Gasteiger partial charge is 0.307 e. The fourth-order valence-corrected chi connectivity index (χ4v) is 2.54. The molecule has 0 fully saturated rings. The number of allylic oxidation sites excluding steroid dienone is 1. The van der Waals surface area contributed by atoms with Gasteiger partial charge in [0.25, 0.3) is 0 Å². The third-order valence-electron chi connectivity index (χ3n) is 3.06. The first-order valence-corrected chi connectivity index (χ1v) is 6.78. The lowest BCUT2D eigenvalue weighted by atomic mass is 9.98. The zero-order valence-corrected chi connectivity index (χ0v) is 11.3. The molecule has 0 radical (unpaired) electrons. The number of hydrogen-bond acceptors (Lipinski definition) is 1. The quantitative estimate of drug-likeness (QED) is 0.815. The van der Waals surface area contributed by atoms with Crippen LogP contribution in [0.25, 0.3) is 0 Å². The molecule has 2 heteroatoms. The monoisotopic (exact) mass is 279 g/mol. The van der Waals surface area contributed by atoms with Gasteiger partial charge in [-0.2, -0.15) is 0 Å². The third-order valence-corrected chi connectivity index (χ3v) is 3.59. The van der Waals surface area contributed by atoms with Crippen molar-refractivity contribution in [3.63, 3.8) is 0 Å². The normalized spacial score (nSPS) is 17.2. The smallest absolute Gasteiger partial charge is 0.0535 e. The van der Waals surface area contributed by atoms with Crippen molar-refractivity contribution in [3.8, 4) is 0 Å². The molecule has 0 aromatic heterocycles. The van der Waals surface area contributed by atoms with Crippen LogP contribution in [-0.2, 0) is 0 Å². The predicted molar refractivity (Wildman–Crippen MR) is 72.5 cm³/mol. The average molecular weight is 280 g/mol. The van der Waals surface area contributed by atoms with Crippen LogP contribution in [-0.4, -0.2) is 6.54 Å². The van der Waals surface area contributed by atoms with Gasteiger partial charge in [0.15, 0.2) is 0 Å². The standard InChI is InChI=1S/C14H18BrN/c1-2-16-14(11-5-3-4-6-11)12-7-9-13(15)10-8-12/h5,7-10,14,16H,2-4,6H2,1H3. The summed E-state index contributed by atoms with van der Waals surface area (Å²) in [5.74, 6) is 0. The third kappa shape index (κ3) is 2.74. The van der Waals surface area contributed by atoms with Crippen LogP contribution in [0.5, 0.6) is 0 Å². The molecule has 1 aliphatic rings. The number of rotatable bonds is 4. The van der Waals surface area contributed by atoms with Gasteiger partial charge in [-0.25, -0.2) is 0 Å². The molecule has 0 saturated carbocycles. The Morgan fingerprint density at radius 1 is 1.31 bits per heavy atom. The Labute approximate surface area is 106 Å². The molecule has 0 spiro atoms. The van der Waals surface area contributed by atoms with Crippen LogP contribution in [0.15, 0.2) is 40.4 Å². The number of likely N-dealkylation sites (N-methyl/N-ethyl adjacent to an activating group) is 1. The van der Waals surface area contributed by atoms with Crippen molar-refractivity contribution in [1.29, 1.82) is 0 Å². The van der Waals surface area contributed by atoms with E-state index in [1.165, 1.54) is 24.8 Å². The van der Waals surface area contributed by atoms with Crippen LogP contribution in [0.4, 0.5) is 0 Å². The molecule has 2 rings (SSSR count). The maximum absolute atomic E-state index is 3.58. The summed E-state index contributed by atoms with van der Waals surface area (Å²) in [5, 5.41) is 3.58. The molecule has 0 aliphatic heterocycles. The summed E-state index contributed by atoms with van der Waals surface area (Å²) in [6.07, 6.45) is 6.20. The van der Waals surface area contributed by atoms with Gasteiger partial charge in [-0.05, 0) is 43.5 Å². The minimum Gasteiger partial charge on any atom is -0.307 e. The van der Waals surface area contributed by atoms with Gasteiger partial charge in [-0.1, -0.05) is 46.6 Å². The lowest BCUT2D eigenvalue weighted by Crippen LogP contribution is -2.22. The molecular weight excluding hydrogens is 262 g/mol. The van der Waals surface area contributed by atoms with Gasteiger partial charge in [-0.3, -0.25) is 0 Å². The van der Waals surface area contributed by atoms with E-state index in [9.17, 15) is 0 Å². The highest BCUT2D eigenvalue weighted by Crippen LogP contribution is 2.31. The van der Waals surface area contributed by atoms with Crippen molar-refractivity contribution in [3.05, 3.63) is 46.0 Å². The fourth-order valence-electron chi connectivity index (χ4n) is 2.28. The molecule has 0 amide bonds. The molecule has 0 heterocycles. The summed E-state index contributed by atoms with van der Waals surface area (Å²) in [7, 11) is 0. The van der Waals surface area contributed by atoms with E-state index in [0.717, 1.165) is 11.0 Å². The number of hydrogen-bond donors (Lipinski definition) is 1. The molecule has 1 nitrogen and oxygen atoms in total. The Kier molecular flexibility index (Phi) is 4.19. The van der Waals surface area contributed by atoms with Crippen LogP contribution in [0, 0.1) is 0 Å². The average Bonchev–Trinajstić information content (AvgIpc) is 2.81. The van der Waals surface area contributed by atoms with Gasteiger partial charge in [-0.15, -0.1) is 0 Å². The summed E-state index contributed by atoms with van der Waals surface area (Å²) in [5.41, 5.74) is 2.93. The Bertz CT molecular complexity index is 367. The molecule has 0 saturated heterocycles. The second-order valence-corrected chi connectivity index (χ2v) is 5.13. The van der Waals surface area contributed by atoms with Crippen LogP contribution >= 0.6 is 15.9 Å². The fraction of sp³-hybridized carbons (Fsp3) is 0.429. The topological polar surface area (TPSA) is 12.0 Å². The Balaban J connectivity index is 2.21. The van der Waals surface area contributed by atoms with Crippen molar-refractivity contribution in [2.75, 3.05) is 6.54 Å². The van der Waals surface area contributed by atoms with Crippen molar-refractivity contribution >= 4 is 15.9 Å². The minimum absolute atomic E-state index is 0.417. The van der Waals surface area contributed by atoms with Gasteiger partial charge >= 0.3 is 0 Å². The summed E-state index contributed by atoms with van der Waals surface area (Å²) in [6, 6.07) is 9.07. The SMILES string of the molecule is CCNC(C1=CCCC1)c1ccc(Br)cc1. The second kappa shape index (κ2) is 5.65. The number of halogens is 1. The summed E-state index contributed by atoms with van der Waals surface area (Å²) < 4.78 is 1.15. The first-order valence-electron chi connectivity index (χ1n) is 5.99. The zero-order valence-electron chi connectivity index (χ0n) is 9.67. The van der Waals surface area contributed by atoms with Crippen molar-refractivity contribution in [2.24, 2.45) is 0 Å². The van der Waals surface area contributed by atoms with Gasteiger partial charge < -0.3 is 5.32 Å². The molecule has 1 N–H and O–H groups in total. The molecule has 86 valence electrons. The molecule has 1 atom stereocenters. The molecule has 1 aliphatic carbocycles. The van der Waals surface area contributed by atoms with E-state index in [1.54, 1.807) is 5.57 Å². The van der Waals surface area contributed by atoms with Gasteiger partial charge in [0.2, 0.25) is 0 Å². The van der Waals surface area contributed by atoms with Gasteiger partial charge in [0.05, 0.1) is 6.04 Å². The molecule has 0 bridgehead atoms. The van der Waals surface area contributed by atoms with E-state index in [1.807, 2.05) is 0 Å². The van der Waals surface area contributed by atoms with Crippen LogP contribution in [0.2, 0.25) is 0 Å². The van der Waals surface area contributed by atoms with Gasteiger partial charge in [0.1, 0.15) is 0 Å². The highest BCUT2D eigenvalue weighted by Gasteiger charge is 2.17. The highest BCUT2D eigenvalue weighted by molar-refractivity contribution is 9.10. The first-order chi connectivity index (χ1) is 7.81. The molecule has 1 aromatic carbocycles. The van der Waals surface area contributed by atoms with Crippen LogP contribution in [0.1, 0.15) is 37.8 Å². The van der Waals surface area contributed by atoms with Crippen molar-refractivity contribution in [1.82, 2.24) is 5.32 Å². The molecule has 1 aromatic rings. The van der Waals surface area contributed by atoms with E-state index in [-0.39, 0.29) is 0 Å². The van der Waals surface area contributed by atoms with Crippen molar-refractivity contribution < 1.29 is 0 Å². The molecule has 16 heavy (non-hydrogen) atoms. The zero-order chi connectivity index (χ0) is 11.4. The van der Waals surface area contributed by atoms with Crippen LogP contribution < -0.4 is 5.32 Å². The lowest BCUT2D eigenvalue weighted by Gasteiger charge is -2.20. The molecule has 1 unspecified atom stereocenters. The summed E-state index contributed by atoms with van der Waals surface area (Å²) in [6.45, 7) is 3.18. The van der Waals surface area contributed by atoms with E-state index >= 15 is 0 Å². The maximum atomic E-state index is 3.58. The summed E-state index contributed by atoms with van der Waals surface area (Å²) in [4.78, 5) is 0. The Hall–Kier alpha value is -0.600.